The maximum atomic E-state index is 13.4. The third kappa shape index (κ3) is 4.43. The quantitative estimate of drug-likeness (QED) is 0.395. The second-order valence-corrected chi connectivity index (χ2v) is 8.27. The number of halogens is 6. The first-order valence-corrected chi connectivity index (χ1v) is 10.5. The van der Waals surface area contributed by atoms with Crippen molar-refractivity contribution in [1.29, 1.82) is 0 Å². The second-order valence-electron chi connectivity index (χ2n) is 8.27. The number of nitrogens with zero attached hydrogens (tertiary/aromatic N) is 2. The minimum atomic E-state index is -4.58. The third-order valence-corrected chi connectivity index (χ3v) is 6.15. The van der Waals surface area contributed by atoms with Crippen LogP contribution in [0.4, 0.5) is 37.7 Å². The molecule has 2 aromatic carbocycles. The summed E-state index contributed by atoms with van der Waals surface area (Å²) in [5, 5.41) is 1.95. The van der Waals surface area contributed by atoms with Gasteiger partial charge in [0.2, 0.25) is 0 Å². The van der Waals surface area contributed by atoms with E-state index in [1.54, 1.807) is 0 Å². The monoisotopic (exact) mass is 470 g/mol. The van der Waals surface area contributed by atoms with Crippen LogP contribution in [-0.4, -0.2) is 11.8 Å². The van der Waals surface area contributed by atoms with E-state index < -0.39 is 41.2 Å². The molecule has 2 amide bonds. The number of anilines is 2. The summed E-state index contributed by atoms with van der Waals surface area (Å²) in [6.45, 7) is 0. The zero-order valence-corrected chi connectivity index (χ0v) is 17.3. The number of benzene rings is 2. The molecule has 0 spiro atoms. The van der Waals surface area contributed by atoms with Crippen molar-refractivity contribution in [3.8, 4) is 0 Å². The molecule has 0 aromatic heterocycles. The van der Waals surface area contributed by atoms with E-state index in [0.717, 1.165) is 77.8 Å². The first-order chi connectivity index (χ1) is 15.5. The summed E-state index contributed by atoms with van der Waals surface area (Å²) >= 11 is 0. The van der Waals surface area contributed by atoms with Gasteiger partial charge < -0.3 is 0 Å². The van der Waals surface area contributed by atoms with E-state index in [-0.39, 0.29) is 17.3 Å². The number of hydrazine groups is 1. The van der Waals surface area contributed by atoms with E-state index in [4.69, 9.17) is 0 Å². The smallest absolute Gasteiger partial charge is 0.272 e. The Balaban J connectivity index is 1.75. The molecular weight excluding hydrogens is 450 g/mol. The molecule has 0 unspecified atom stereocenters. The molecule has 2 aromatic rings. The van der Waals surface area contributed by atoms with Gasteiger partial charge in [-0.1, -0.05) is 19.3 Å². The van der Waals surface area contributed by atoms with Gasteiger partial charge in [-0.25, -0.2) is 10.0 Å². The Labute approximate surface area is 185 Å². The largest absolute Gasteiger partial charge is 0.416 e. The van der Waals surface area contributed by atoms with E-state index >= 15 is 0 Å². The van der Waals surface area contributed by atoms with E-state index in [1.165, 1.54) is 0 Å². The lowest BCUT2D eigenvalue weighted by atomic mass is 9.79. The lowest BCUT2D eigenvalue weighted by Crippen LogP contribution is -2.41. The van der Waals surface area contributed by atoms with Gasteiger partial charge in [-0.3, -0.25) is 9.59 Å². The highest BCUT2D eigenvalue weighted by Crippen LogP contribution is 2.41. The summed E-state index contributed by atoms with van der Waals surface area (Å²) in [4.78, 5) is 26.7. The summed E-state index contributed by atoms with van der Waals surface area (Å²) in [5.74, 6) is -2.44. The summed E-state index contributed by atoms with van der Waals surface area (Å²) in [6.07, 6.45) is -5.17. The number of amides is 2. The molecule has 1 aliphatic heterocycles. The number of hydrogen-bond donors (Lipinski definition) is 0. The first-order valence-electron chi connectivity index (χ1n) is 10.5. The second kappa shape index (κ2) is 8.39. The highest BCUT2D eigenvalue weighted by molar-refractivity contribution is 6.23. The number of alkyl halides is 6. The van der Waals surface area contributed by atoms with Gasteiger partial charge in [0.25, 0.3) is 11.8 Å². The minimum absolute atomic E-state index is 0.0274. The zero-order valence-electron chi connectivity index (χ0n) is 17.3. The van der Waals surface area contributed by atoms with Gasteiger partial charge in [0.1, 0.15) is 5.92 Å². The van der Waals surface area contributed by atoms with Crippen LogP contribution in [-0.2, 0) is 21.9 Å². The SMILES string of the molecule is O=C1C(C2CCCCC2)C(=O)N(c2ccc(C(F)(F)F)cc2)N1c1ccc(C(F)(F)F)cc1. The third-order valence-electron chi connectivity index (χ3n) is 6.15. The van der Waals surface area contributed by atoms with Crippen molar-refractivity contribution in [2.75, 3.05) is 10.0 Å². The molecule has 2 fully saturated rings. The molecule has 33 heavy (non-hydrogen) atoms. The predicted octanol–water partition coefficient (Wildman–Crippen LogP) is 6.22. The van der Waals surface area contributed by atoms with Crippen molar-refractivity contribution < 1.29 is 35.9 Å². The van der Waals surface area contributed by atoms with E-state index in [2.05, 4.69) is 0 Å². The minimum Gasteiger partial charge on any atom is -0.272 e. The standard InChI is InChI=1S/C23H20F6N2O2/c24-22(25,26)15-6-10-17(11-7-15)30-20(32)19(14-4-2-1-3-5-14)21(33)31(30)18-12-8-16(9-13-18)23(27,28)29/h6-14,19H,1-5H2. The summed E-state index contributed by atoms with van der Waals surface area (Å²) in [7, 11) is 0. The van der Waals surface area contributed by atoms with Crippen LogP contribution in [0.1, 0.15) is 43.2 Å². The molecule has 176 valence electrons. The average molecular weight is 470 g/mol. The van der Waals surface area contributed by atoms with Crippen molar-refractivity contribution in [2.45, 2.75) is 44.5 Å². The summed E-state index contributed by atoms with van der Waals surface area (Å²) in [6, 6.07) is 7.50. The van der Waals surface area contributed by atoms with Crippen molar-refractivity contribution in [3.63, 3.8) is 0 Å². The van der Waals surface area contributed by atoms with Gasteiger partial charge in [0.15, 0.2) is 0 Å². The molecule has 0 atom stereocenters. The fourth-order valence-corrected chi connectivity index (χ4v) is 4.51. The molecule has 1 saturated heterocycles. The van der Waals surface area contributed by atoms with Gasteiger partial charge in [-0.2, -0.15) is 26.3 Å². The lowest BCUT2D eigenvalue weighted by molar-refractivity contribution is -0.138. The fourth-order valence-electron chi connectivity index (χ4n) is 4.51. The van der Waals surface area contributed by atoms with E-state index in [1.807, 2.05) is 0 Å². The lowest BCUT2D eigenvalue weighted by Gasteiger charge is -2.28. The number of rotatable bonds is 3. The normalized spacial score (nSPS) is 19.0. The molecule has 0 bridgehead atoms. The van der Waals surface area contributed by atoms with Crippen LogP contribution in [0.2, 0.25) is 0 Å². The molecule has 4 rings (SSSR count). The molecule has 10 heteroatoms. The Hall–Kier alpha value is -3.04. The zero-order chi connectivity index (χ0) is 24.0. The molecule has 0 radical (unpaired) electrons. The van der Waals surface area contributed by atoms with Gasteiger partial charge >= 0.3 is 12.4 Å². The molecule has 0 N–H and O–H groups in total. The summed E-state index contributed by atoms with van der Waals surface area (Å²) < 4.78 is 77.9. The Morgan fingerprint density at radius 1 is 0.606 bits per heavy atom. The van der Waals surface area contributed by atoms with Crippen molar-refractivity contribution in [3.05, 3.63) is 59.7 Å². The topological polar surface area (TPSA) is 40.6 Å². The van der Waals surface area contributed by atoms with Gasteiger partial charge in [0.05, 0.1) is 22.5 Å². The van der Waals surface area contributed by atoms with Crippen LogP contribution >= 0.6 is 0 Å². The van der Waals surface area contributed by atoms with Gasteiger partial charge in [-0.15, -0.1) is 0 Å². The highest BCUT2D eigenvalue weighted by atomic mass is 19.4. The van der Waals surface area contributed by atoms with Crippen LogP contribution in [0, 0.1) is 11.8 Å². The number of hydrogen-bond acceptors (Lipinski definition) is 2. The van der Waals surface area contributed by atoms with Crippen LogP contribution in [0.15, 0.2) is 48.5 Å². The van der Waals surface area contributed by atoms with Crippen LogP contribution < -0.4 is 10.0 Å². The predicted molar refractivity (Wildman–Crippen MR) is 108 cm³/mol. The van der Waals surface area contributed by atoms with E-state index in [0.29, 0.717) is 12.8 Å². The molecule has 2 aliphatic rings. The van der Waals surface area contributed by atoms with Gasteiger partial charge in [0, 0.05) is 0 Å². The fraction of sp³-hybridized carbons (Fsp3) is 0.391. The van der Waals surface area contributed by atoms with Gasteiger partial charge in [-0.05, 0) is 67.3 Å². The van der Waals surface area contributed by atoms with Crippen LogP contribution in [0.5, 0.6) is 0 Å². The Bertz CT molecular complexity index is 949. The maximum absolute atomic E-state index is 13.4. The van der Waals surface area contributed by atoms with Crippen molar-refractivity contribution in [2.24, 2.45) is 11.8 Å². The van der Waals surface area contributed by atoms with E-state index in [9.17, 15) is 35.9 Å². The molecule has 4 nitrogen and oxygen atoms in total. The molecule has 1 heterocycles. The van der Waals surface area contributed by atoms with Crippen molar-refractivity contribution >= 4 is 23.2 Å². The number of carbonyl (C=O) groups excluding carboxylic acids is 2. The molecular formula is C23H20F6N2O2. The summed E-state index contributed by atoms with van der Waals surface area (Å²) in [5.41, 5.74) is -1.79. The average Bonchev–Trinajstić information content (AvgIpc) is 3.03. The Kier molecular flexibility index (Phi) is 5.88. The Morgan fingerprint density at radius 2 is 0.970 bits per heavy atom. The van der Waals surface area contributed by atoms with Crippen LogP contribution in [0.25, 0.3) is 0 Å². The first kappa shape index (κ1) is 23.1. The number of carbonyl (C=O) groups is 2. The maximum Gasteiger partial charge on any atom is 0.416 e. The Morgan fingerprint density at radius 3 is 1.30 bits per heavy atom. The highest BCUT2D eigenvalue weighted by Gasteiger charge is 2.50. The van der Waals surface area contributed by atoms with Crippen LogP contribution in [0.3, 0.4) is 0 Å². The molecule has 1 saturated carbocycles. The molecule has 1 aliphatic carbocycles. The van der Waals surface area contributed by atoms with Crippen molar-refractivity contribution in [1.82, 2.24) is 0 Å².